The van der Waals surface area contributed by atoms with Crippen molar-refractivity contribution in [2.45, 2.75) is 39.7 Å². The van der Waals surface area contributed by atoms with Crippen LogP contribution in [-0.2, 0) is 9.59 Å². The van der Waals surface area contributed by atoms with Gasteiger partial charge in [0.15, 0.2) is 5.96 Å². The summed E-state index contributed by atoms with van der Waals surface area (Å²) in [6.07, 6.45) is 2.25. The third kappa shape index (κ3) is 7.92. The first-order chi connectivity index (χ1) is 13.3. The van der Waals surface area contributed by atoms with Gasteiger partial charge in [0.2, 0.25) is 11.8 Å². The number of nitrogens with one attached hydrogen (secondary N) is 1. The quantitative estimate of drug-likeness (QED) is 0.319. The molecule has 1 unspecified atom stereocenters. The number of carbonyl (C=O) groups excluding carboxylic acids is 2. The highest BCUT2D eigenvalue weighted by atomic mass is 127. The summed E-state index contributed by atoms with van der Waals surface area (Å²) in [5.41, 5.74) is 0. The molecule has 0 aromatic heterocycles. The van der Waals surface area contributed by atoms with Gasteiger partial charge < -0.3 is 20.0 Å². The van der Waals surface area contributed by atoms with Gasteiger partial charge in [-0.1, -0.05) is 13.8 Å². The molecule has 0 bridgehead atoms. The molecule has 168 valence electrons. The Balaban J connectivity index is 0.00000420. The Bertz CT molecular complexity index is 555. The maximum atomic E-state index is 12.7. The lowest BCUT2D eigenvalue weighted by atomic mass is 10.2. The Morgan fingerprint density at radius 2 is 1.55 bits per heavy atom. The van der Waals surface area contributed by atoms with E-state index < -0.39 is 0 Å². The second-order valence-corrected chi connectivity index (χ2v) is 8.43. The van der Waals surface area contributed by atoms with Crippen molar-refractivity contribution >= 4 is 41.8 Å². The normalized spacial score (nSPS) is 19.2. The minimum absolute atomic E-state index is 0. The van der Waals surface area contributed by atoms with Crippen LogP contribution in [0.1, 0.15) is 33.6 Å². The number of rotatable bonds is 6. The summed E-state index contributed by atoms with van der Waals surface area (Å²) < 4.78 is 0. The lowest BCUT2D eigenvalue weighted by molar-refractivity contribution is -0.135. The first-order valence-electron chi connectivity index (χ1n) is 10.6. The Labute approximate surface area is 193 Å². The fraction of sp³-hybridized carbons (Fsp3) is 0.850. The number of piperazine rings is 1. The Hall–Kier alpha value is -1.10. The van der Waals surface area contributed by atoms with Crippen LogP contribution < -0.4 is 5.32 Å². The highest BCUT2D eigenvalue weighted by Crippen LogP contribution is 2.14. The third-order valence-electron chi connectivity index (χ3n) is 5.47. The van der Waals surface area contributed by atoms with E-state index in [2.05, 4.69) is 34.0 Å². The van der Waals surface area contributed by atoms with Gasteiger partial charge >= 0.3 is 0 Å². The van der Waals surface area contributed by atoms with Gasteiger partial charge in [0.25, 0.3) is 0 Å². The van der Waals surface area contributed by atoms with Crippen molar-refractivity contribution in [1.82, 2.24) is 24.9 Å². The van der Waals surface area contributed by atoms with E-state index >= 15 is 0 Å². The highest BCUT2D eigenvalue weighted by Gasteiger charge is 2.30. The van der Waals surface area contributed by atoms with Crippen LogP contribution in [-0.4, -0.2) is 110 Å². The molecule has 2 rings (SSSR count). The van der Waals surface area contributed by atoms with E-state index in [0.29, 0.717) is 5.92 Å². The molecule has 2 fully saturated rings. The molecule has 1 atom stereocenters. The van der Waals surface area contributed by atoms with Crippen LogP contribution in [0.15, 0.2) is 4.99 Å². The molecule has 0 saturated carbocycles. The number of hydrogen-bond donors (Lipinski definition) is 1. The van der Waals surface area contributed by atoms with Crippen LogP contribution in [0.5, 0.6) is 0 Å². The van der Waals surface area contributed by atoms with Crippen LogP contribution in [0, 0.1) is 5.92 Å². The van der Waals surface area contributed by atoms with Crippen LogP contribution in [0.3, 0.4) is 0 Å². The summed E-state index contributed by atoms with van der Waals surface area (Å²) in [4.78, 5) is 37.2. The van der Waals surface area contributed by atoms with E-state index in [1.807, 2.05) is 11.8 Å². The fourth-order valence-corrected chi connectivity index (χ4v) is 3.53. The minimum atomic E-state index is -0.0698. The van der Waals surface area contributed by atoms with E-state index in [0.717, 1.165) is 64.6 Å². The number of halogens is 1. The number of nitrogens with zero attached hydrogens (tertiary/aromatic N) is 5. The lowest BCUT2D eigenvalue weighted by Gasteiger charge is -2.39. The van der Waals surface area contributed by atoms with E-state index in [9.17, 15) is 9.59 Å². The molecule has 2 heterocycles. The molecule has 0 aromatic carbocycles. The third-order valence-corrected chi connectivity index (χ3v) is 5.47. The van der Waals surface area contributed by atoms with Crippen molar-refractivity contribution in [3.8, 4) is 0 Å². The summed E-state index contributed by atoms with van der Waals surface area (Å²) in [6, 6.07) is -0.0698. The van der Waals surface area contributed by atoms with Gasteiger partial charge in [-0.15, -0.1) is 24.0 Å². The summed E-state index contributed by atoms with van der Waals surface area (Å²) in [6.45, 7) is 12.4. The van der Waals surface area contributed by atoms with Crippen LogP contribution in [0.2, 0.25) is 0 Å². The number of guanidine groups is 1. The number of carbonyl (C=O) groups is 2. The smallest absolute Gasteiger partial charge is 0.243 e. The average Bonchev–Trinajstić information content (AvgIpc) is 3.21. The fourth-order valence-electron chi connectivity index (χ4n) is 3.53. The van der Waals surface area contributed by atoms with E-state index in [1.165, 1.54) is 0 Å². The SMILES string of the molecule is CC(C)CNC(=NCC(=O)N(C)C)N1CCN(C(C)C(=O)N2CCCC2)CC1.I. The van der Waals surface area contributed by atoms with Crippen LogP contribution in [0.4, 0.5) is 0 Å². The molecule has 2 aliphatic rings. The van der Waals surface area contributed by atoms with Crippen molar-refractivity contribution in [2.75, 3.05) is 66.5 Å². The van der Waals surface area contributed by atoms with Crippen LogP contribution >= 0.6 is 24.0 Å². The molecule has 1 N–H and O–H groups in total. The van der Waals surface area contributed by atoms with Crippen molar-refractivity contribution in [3.05, 3.63) is 0 Å². The Morgan fingerprint density at radius 1 is 0.966 bits per heavy atom. The van der Waals surface area contributed by atoms with E-state index in [4.69, 9.17) is 0 Å². The monoisotopic (exact) mass is 522 g/mol. The predicted molar refractivity (Wildman–Crippen MR) is 128 cm³/mol. The number of likely N-dealkylation sites (tertiary alicyclic amines) is 1. The van der Waals surface area contributed by atoms with Crippen LogP contribution in [0.25, 0.3) is 0 Å². The van der Waals surface area contributed by atoms with Gasteiger partial charge in [-0.05, 0) is 25.7 Å². The van der Waals surface area contributed by atoms with E-state index in [-0.39, 0.29) is 48.4 Å². The molecule has 9 heteroatoms. The molecule has 0 aliphatic carbocycles. The second-order valence-electron chi connectivity index (χ2n) is 8.43. The molecule has 2 saturated heterocycles. The lowest BCUT2D eigenvalue weighted by Crippen LogP contribution is -2.57. The molecular weight excluding hydrogens is 483 g/mol. The first-order valence-corrected chi connectivity index (χ1v) is 10.6. The number of aliphatic imine (C=N–C) groups is 1. The van der Waals surface area contributed by atoms with Gasteiger partial charge in [0, 0.05) is 59.9 Å². The Morgan fingerprint density at radius 3 is 2.07 bits per heavy atom. The number of hydrogen-bond acceptors (Lipinski definition) is 4. The van der Waals surface area contributed by atoms with Gasteiger partial charge in [0.1, 0.15) is 6.54 Å². The van der Waals surface area contributed by atoms with Gasteiger partial charge in [-0.2, -0.15) is 0 Å². The standard InChI is InChI=1S/C20H38N6O2.HI/c1-16(2)14-21-20(22-15-18(27)23(4)5)26-12-10-24(11-13-26)17(3)19(28)25-8-6-7-9-25;/h16-17H,6-15H2,1-5H3,(H,21,22);1H. The maximum absolute atomic E-state index is 12.7. The Kier molecular flexibility index (Phi) is 11.2. The second kappa shape index (κ2) is 12.6. The van der Waals surface area contributed by atoms with Crippen molar-refractivity contribution in [1.29, 1.82) is 0 Å². The highest BCUT2D eigenvalue weighted by molar-refractivity contribution is 14.0. The summed E-state index contributed by atoms with van der Waals surface area (Å²) in [7, 11) is 3.49. The van der Waals surface area contributed by atoms with Gasteiger partial charge in [-0.3, -0.25) is 14.5 Å². The van der Waals surface area contributed by atoms with E-state index in [1.54, 1.807) is 19.0 Å². The zero-order valence-corrected chi connectivity index (χ0v) is 21.0. The maximum Gasteiger partial charge on any atom is 0.243 e. The zero-order chi connectivity index (χ0) is 20.7. The summed E-state index contributed by atoms with van der Waals surface area (Å²) in [5, 5.41) is 3.41. The number of likely N-dealkylation sites (N-methyl/N-ethyl adjacent to an activating group) is 1. The minimum Gasteiger partial charge on any atom is -0.356 e. The van der Waals surface area contributed by atoms with Crippen molar-refractivity contribution in [3.63, 3.8) is 0 Å². The molecule has 0 spiro atoms. The average molecular weight is 522 g/mol. The first kappa shape index (κ1) is 25.9. The molecule has 0 radical (unpaired) electrons. The predicted octanol–water partition coefficient (Wildman–Crippen LogP) is 0.923. The molecule has 29 heavy (non-hydrogen) atoms. The van der Waals surface area contributed by atoms with Gasteiger partial charge in [0.05, 0.1) is 6.04 Å². The van der Waals surface area contributed by atoms with Crippen molar-refractivity contribution in [2.24, 2.45) is 10.9 Å². The van der Waals surface area contributed by atoms with Crippen molar-refractivity contribution < 1.29 is 9.59 Å². The summed E-state index contributed by atoms with van der Waals surface area (Å²) >= 11 is 0. The largest absolute Gasteiger partial charge is 0.356 e. The molecule has 2 aliphatic heterocycles. The molecule has 0 aromatic rings. The molecular formula is C20H39IN6O2. The molecule has 8 nitrogen and oxygen atoms in total. The van der Waals surface area contributed by atoms with Gasteiger partial charge in [-0.25, -0.2) is 4.99 Å². The zero-order valence-electron chi connectivity index (χ0n) is 18.7. The molecule has 2 amide bonds. The number of amides is 2. The topological polar surface area (TPSA) is 71.5 Å². The summed E-state index contributed by atoms with van der Waals surface area (Å²) in [5.74, 6) is 1.54.